The van der Waals surface area contributed by atoms with Crippen LogP contribution in [0.5, 0.6) is 0 Å². The van der Waals surface area contributed by atoms with Gasteiger partial charge in [0.05, 0.1) is 11.7 Å². The zero-order valence-corrected chi connectivity index (χ0v) is 11.7. The lowest BCUT2D eigenvalue weighted by molar-refractivity contribution is -0.148. The number of hydrogen-bond acceptors (Lipinski definition) is 4. The van der Waals surface area contributed by atoms with Gasteiger partial charge in [0.15, 0.2) is 9.84 Å². The van der Waals surface area contributed by atoms with Gasteiger partial charge in [-0.3, -0.25) is 4.79 Å². The molecule has 0 bridgehead atoms. The molecular weight excluding hydrogens is 252 g/mol. The SMILES string of the molecule is CC(C)C(=O)OCc1ccc(CS(C)(=O)=O)cc1. The highest BCUT2D eigenvalue weighted by Crippen LogP contribution is 2.09. The normalized spacial score (nSPS) is 11.6. The summed E-state index contributed by atoms with van der Waals surface area (Å²) in [5, 5.41) is 0. The molecule has 0 aliphatic heterocycles. The molecule has 0 aliphatic carbocycles. The summed E-state index contributed by atoms with van der Waals surface area (Å²) in [7, 11) is -3.01. The van der Waals surface area contributed by atoms with Gasteiger partial charge in [0, 0.05) is 6.26 Å². The first kappa shape index (κ1) is 14.7. The van der Waals surface area contributed by atoms with E-state index in [0.29, 0.717) is 0 Å². The molecule has 0 radical (unpaired) electrons. The van der Waals surface area contributed by atoms with Crippen LogP contribution in [0, 0.1) is 5.92 Å². The molecule has 5 heteroatoms. The van der Waals surface area contributed by atoms with Gasteiger partial charge in [-0.2, -0.15) is 0 Å². The average molecular weight is 270 g/mol. The Bertz CT molecular complexity index is 500. The topological polar surface area (TPSA) is 60.4 Å². The van der Waals surface area contributed by atoms with E-state index in [-0.39, 0.29) is 24.2 Å². The van der Waals surface area contributed by atoms with Crippen molar-refractivity contribution in [1.82, 2.24) is 0 Å². The van der Waals surface area contributed by atoms with Crippen molar-refractivity contribution in [2.45, 2.75) is 26.2 Å². The summed E-state index contributed by atoms with van der Waals surface area (Å²) in [4.78, 5) is 11.3. The van der Waals surface area contributed by atoms with Crippen LogP contribution in [-0.4, -0.2) is 20.6 Å². The minimum atomic E-state index is -3.01. The zero-order valence-electron chi connectivity index (χ0n) is 10.8. The summed E-state index contributed by atoms with van der Waals surface area (Å²) < 4.78 is 27.3. The quantitative estimate of drug-likeness (QED) is 0.767. The molecule has 100 valence electrons. The Labute approximate surface area is 108 Å². The van der Waals surface area contributed by atoms with Crippen molar-refractivity contribution in [3.8, 4) is 0 Å². The molecule has 0 saturated carbocycles. The molecule has 1 aromatic rings. The van der Waals surface area contributed by atoms with Crippen molar-refractivity contribution in [1.29, 1.82) is 0 Å². The van der Waals surface area contributed by atoms with Crippen LogP contribution in [0.25, 0.3) is 0 Å². The van der Waals surface area contributed by atoms with Crippen molar-refractivity contribution >= 4 is 15.8 Å². The molecule has 0 aliphatic rings. The Morgan fingerprint density at radius 2 is 1.67 bits per heavy atom. The van der Waals surface area contributed by atoms with E-state index in [1.165, 1.54) is 6.26 Å². The molecule has 0 aromatic heterocycles. The molecule has 0 saturated heterocycles. The first-order valence-electron chi connectivity index (χ1n) is 5.70. The summed E-state index contributed by atoms with van der Waals surface area (Å²) in [5.41, 5.74) is 1.58. The first-order chi connectivity index (χ1) is 8.28. The van der Waals surface area contributed by atoms with Crippen molar-refractivity contribution in [3.05, 3.63) is 35.4 Å². The fourth-order valence-electron chi connectivity index (χ4n) is 1.36. The largest absolute Gasteiger partial charge is 0.461 e. The molecular formula is C13H18O4S. The van der Waals surface area contributed by atoms with E-state index in [1.807, 2.05) is 0 Å². The molecule has 1 rings (SSSR count). The van der Waals surface area contributed by atoms with Crippen LogP contribution in [0.2, 0.25) is 0 Å². The number of esters is 1. The van der Waals surface area contributed by atoms with Crippen LogP contribution in [0.15, 0.2) is 24.3 Å². The predicted octanol–water partition coefficient (Wildman–Crippen LogP) is 1.93. The van der Waals surface area contributed by atoms with E-state index in [0.717, 1.165) is 11.1 Å². The van der Waals surface area contributed by atoms with Gasteiger partial charge in [0.25, 0.3) is 0 Å². The first-order valence-corrected chi connectivity index (χ1v) is 7.76. The Morgan fingerprint density at radius 1 is 1.17 bits per heavy atom. The Morgan fingerprint density at radius 3 is 2.11 bits per heavy atom. The molecule has 0 unspecified atom stereocenters. The summed E-state index contributed by atoms with van der Waals surface area (Å²) in [5.74, 6) is -0.358. The summed E-state index contributed by atoms with van der Waals surface area (Å²) in [6, 6.07) is 7.02. The molecule has 0 spiro atoms. The zero-order chi connectivity index (χ0) is 13.8. The molecule has 0 amide bonds. The van der Waals surface area contributed by atoms with Crippen LogP contribution < -0.4 is 0 Å². The highest BCUT2D eigenvalue weighted by atomic mass is 32.2. The van der Waals surface area contributed by atoms with E-state index < -0.39 is 9.84 Å². The fourth-order valence-corrected chi connectivity index (χ4v) is 2.15. The molecule has 0 atom stereocenters. The molecule has 0 fully saturated rings. The Balaban J connectivity index is 2.58. The lowest BCUT2D eigenvalue weighted by atomic mass is 10.1. The minimum absolute atomic E-state index is 0.0268. The van der Waals surface area contributed by atoms with E-state index >= 15 is 0 Å². The number of benzene rings is 1. The molecule has 0 heterocycles. The van der Waals surface area contributed by atoms with E-state index in [2.05, 4.69) is 0 Å². The lowest BCUT2D eigenvalue weighted by Crippen LogP contribution is -2.11. The number of sulfone groups is 1. The van der Waals surface area contributed by atoms with Crippen molar-refractivity contribution in [3.63, 3.8) is 0 Å². The third-order valence-corrected chi connectivity index (χ3v) is 3.16. The highest BCUT2D eigenvalue weighted by Gasteiger charge is 2.08. The monoisotopic (exact) mass is 270 g/mol. The average Bonchev–Trinajstić information content (AvgIpc) is 2.25. The summed E-state index contributed by atoms with van der Waals surface area (Å²) in [6.07, 6.45) is 1.20. The smallest absolute Gasteiger partial charge is 0.308 e. The fraction of sp³-hybridized carbons (Fsp3) is 0.462. The maximum absolute atomic E-state index is 11.3. The third-order valence-electron chi connectivity index (χ3n) is 2.30. The van der Waals surface area contributed by atoms with E-state index in [4.69, 9.17) is 4.74 Å². The second kappa shape index (κ2) is 6.00. The van der Waals surface area contributed by atoms with Crippen LogP contribution in [-0.2, 0) is 31.7 Å². The number of carbonyl (C=O) groups excluding carboxylic acids is 1. The third kappa shape index (κ3) is 5.31. The summed E-state index contributed by atoms with van der Waals surface area (Å²) in [6.45, 7) is 3.77. The predicted molar refractivity (Wildman–Crippen MR) is 69.6 cm³/mol. The number of rotatable bonds is 5. The number of ether oxygens (including phenoxy) is 1. The second-order valence-corrected chi connectivity index (χ2v) is 6.79. The Kier molecular flexibility index (Phi) is 4.90. The molecule has 18 heavy (non-hydrogen) atoms. The van der Waals surface area contributed by atoms with Gasteiger partial charge in [0.1, 0.15) is 6.61 Å². The van der Waals surface area contributed by atoms with Crippen LogP contribution in [0.1, 0.15) is 25.0 Å². The van der Waals surface area contributed by atoms with Crippen molar-refractivity contribution < 1.29 is 17.9 Å². The van der Waals surface area contributed by atoms with Gasteiger partial charge in [-0.1, -0.05) is 38.1 Å². The highest BCUT2D eigenvalue weighted by molar-refractivity contribution is 7.89. The van der Waals surface area contributed by atoms with Gasteiger partial charge < -0.3 is 4.74 Å². The molecule has 0 N–H and O–H groups in total. The second-order valence-electron chi connectivity index (χ2n) is 4.65. The number of carbonyl (C=O) groups is 1. The van der Waals surface area contributed by atoms with E-state index in [9.17, 15) is 13.2 Å². The van der Waals surface area contributed by atoms with Crippen LogP contribution in [0.3, 0.4) is 0 Å². The van der Waals surface area contributed by atoms with Gasteiger partial charge in [-0.15, -0.1) is 0 Å². The minimum Gasteiger partial charge on any atom is -0.461 e. The summed E-state index contributed by atoms with van der Waals surface area (Å²) >= 11 is 0. The van der Waals surface area contributed by atoms with Crippen molar-refractivity contribution in [2.24, 2.45) is 5.92 Å². The molecule has 4 nitrogen and oxygen atoms in total. The maximum Gasteiger partial charge on any atom is 0.308 e. The Hall–Kier alpha value is -1.36. The van der Waals surface area contributed by atoms with E-state index in [1.54, 1.807) is 38.1 Å². The van der Waals surface area contributed by atoms with Gasteiger partial charge in [-0.05, 0) is 11.1 Å². The van der Waals surface area contributed by atoms with Crippen LogP contribution >= 0.6 is 0 Å². The van der Waals surface area contributed by atoms with Gasteiger partial charge in [-0.25, -0.2) is 8.42 Å². The lowest BCUT2D eigenvalue weighted by Gasteiger charge is -2.07. The van der Waals surface area contributed by atoms with Crippen LogP contribution in [0.4, 0.5) is 0 Å². The van der Waals surface area contributed by atoms with Gasteiger partial charge >= 0.3 is 5.97 Å². The van der Waals surface area contributed by atoms with Crippen molar-refractivity contribution in [2.75, 3.05) is 6.26 Å². The molecule has 1 aromatic carbocycles. The standard InChI is InChI=1S/C13H18O4S/c1-10(2)13(14)17-8-11-4-6-12(7-5-11)9-18(3,15)16/h4-7,10H,8-9H2,1-3H3. The van der Waals surface area contributed by atoms with Gasteiger partial charge in [0.2, 0.25) is 0 Å². The maximum atomic E-state index is 11.3. The number of hydrogen-bond donors (Lipinski definition) is 0.